The maximum absolute atomic E-state index is 12.0. The van der Waals surface area contributed by atoms with Gasteiger partial charge in [-0.25, -0.2) is 8.42 Å². The maximum Gasteiger partial charge on any atom is 0.221 e. The molecule has 1 aromatic heterocycles. The predicted molar refractivity (Wildman–Crippen MR) is 97.1 cm³/mol. The van der Waals surface area contributed by atoms with E-state index in [-0.39, 0.29) is 25.4 Å². The monoisotopic (exact) mass is 361 g/mol. The van der Waals surface area contributed by atoms with E-state index in [9.17, 15) is 13.2 Å². The maximum atomic E-state index is 12.0. The number of carbonyl (C=O) groups is 1. The highest BCUT2D eigenvalue weighted by molar-refractivity contribution is 7.88. The second-order valence-corrected chi connectivity index (χ2v) is 7.85. The SMILES string of the molecule is Cc1ccccc1CN(CCC(=O)NCc1ccccn1)S(C)(=O)=O. The van der Waals surface area contributed by atoms with Crippen LogP contribution in [-0.4, -0.2) is 36.4 Å². The topological polar surface area (TPSA) is 79.4 Å². The number of nitrogens with one attached hydrogen (secondary N) is 1. The predicted octanol–water partition coefficient (Wildman–Crippen LogP) is 1.86. The summed E-state index contributed by atoms with van der Waals surface area (Å²) >= 11 is 0. The minimum atomic E-state index is -3.40. The van der Waals surface area contributed by atoms with Crippen molar-refractivity contribution in [3.63, 3.8) is 0 Å². The highest BCUT2D eigenvalue weighted by atomic mass is 32.2. The number of amides is 1. The number of aryl methyl sites for hydroxylation is 1. The zero-order valence-corrected chi connectivity index (χ0v) is 15.3. The van der Waals surface area contributed by atoms with Crippen molar-refractivity contribution in [2.45, 2.75) is 26.4 Å². The highest BCUT2D eigenvalue weighted by Gasteiger charge is 2.19. The molecule has 6 nitrogen and oxygen atoms in total. The van der Waals surface area contributed by atoms with E-state index in [2.05, 4.69) is 10.3 Å². The zero-order chi connectivity index (χ0) is 18.3. The quantitative estimate of drug-likeness (QED) is 0.778. The molecule has 0 saturated heterocycles. The molecule has 0 fully saturated rings. The lowest BCUT2D eigenvalue weighted by Gasteiger charge is -2.20. The molecule has 0 radical (unpaired) electrons. The molecule has 0 aliphatic heterocycles. The Balaban J connectivity index is 1.92. The number of aromatic nitrogens is 1. The van der Waals surface area contributed by atoms with Gasteiger partial charge in [0.2, 0.25) is 15.9 Å². The number of sulfonamides is 1. The lowest BCUT2D eigenvalue weighted by molar-refractivity contribution is -0.121. The van der Waals surface area contributed by atoms with Crippen LogP contribution in [0.1, 0.15) is 23.2 Å². The van der Waals surface area contributed by atoms with Crippen LogP contribution in [0, 0.1) is 6.92 Å². The third-order valence-electron chi connectivity index (χ3n) is 3.86. The first-order valence-electron chi connectivity index (χ1n) is 8.02. The molecule has 2 rings (SSSR count). The van der Waals surface area contributed by atoms with Crippen molar-refractivity contribution >= 4 is 15.9 Å². The fourth-order valence-electron chi connectivity index (χ4n) is 2.35. The lowest BCUT2D eigenvalue weighted by Crippen LogP contribution is -2.34. The van der Waals surface area contributed by atoms with Crippen LogP contribution in [-0.2, 0) is 27.9 Å². The Morgan fingerprint density at radius 2 is 1.88 bits per heavy atom. The van der Waals surface area contributed by atoms with Crippen LogP contribution in [0.15, 0.2) is 48.7 Å². The van der Waals surface area contributed by atoms with E-state index in [4.69, 9.17) is 0 Å². The molecule has 0 unspecified atom stereocenters. The molecule has 1 aromatic carbocycles. The van der Waals surface area contributed by atoms with E-state index < -0.39 is 10.0 Å². The first-order valence-corrected chi connectivity index (χ1v) is 9.87. The number of nitrogens with zero attached hydrogens (tertiary/aromatic N) is 2. The first kappa shape index (κ1) is 19.1. The summed E-state index contributed by atoms with van der Waals surface area (Å²) in [5.41, 5.74) is 2.72. The largest absolute Gasteiger partial charge is 0.350 e. The van der Waals surface area contributed by atoms with Crippen molar-refractivity contribution in [3.05, 3.63) is 65.5 Å². The van der Waals surface area contributed by atoms with Crippen LogP contribution in [0.2, 0.25) is 0 Å². The Labute approximate surface area is 148 Å². The normalized spacial score (nSPS) is 11.5. The summed E-state index contributed by atoms with van der Waals surface area (Å²) in [5, 5.41) is 2.76. The van der Waals surface area contributed by atoms with Crippen LogP contribution in [0.3, 0.4) is 0 Å². The van der Waals surface area contributed by atoms with Crippen molar-refractivity contribution in [3.8, 4) is 0 Å². The summed E-state index contributed by atoms with van der Waals surface area (Å²) in [6.07, 6.45) is 2.93. The molecule has 0 saturated carbocycles. The van der Waals surface area contributed by atoms with E-state index in [1.165, 1.54) is 4.31 Å². The van der Waals surface area contributed by atoms with Crippen LogP contribution < -0.4 is 5.32 Å². The number of pyridine rings is 1. The van der Waals surface area contributed by atoms with Crippen LogP contribution in [0.25, 0.3) is 0 Å². The molecule has 2 aromatic rings. The van der Waals surface area contributed by atoms with Gasteiger partial charge in [0.25, 0.3) is 0 Å². The average molecular weight is 361 g/mol. The van der Waals surface area contributed by atoms with Gasteiger partial charge < -0.3 is 5.32 Å². The zero-order valence-electron chi connectivity index (χ0n) is 14.5. The van der Waals surface area contributed by atoms with Gasteiger partial charge in [-0.1, -0.05) is 30.3 Å². The third-order valence-corrected chi connectivity index (χ3v) is 5.11. The third kappa shape index (κ3) is 6.28. The molecule has 1 N–H and O–H groups in total. The van der Waals surface area contributed by atoms with E-state index in [1.807, 2.05) is 43.3 Å². The Kier molecular flexibility index (Phi) is 6.66. The smallest absolute Gasteiger partial charge is 0.221 e. The minimum absolute atomic E-state index is 0.103. The molecular formula is C18H23N3O3S. The Bertz CT molecular complexity index is 807. The van der Waals surface area contributed by atoms with Crippen LogP contribution >= 0.6 is 0 Å². The van der Waals surface area contributed by atoms with Gasteiger partial charge in [0, 0.05) is 25.7 Å². The lowest BCUT2D eigenvalue weighted by atomic mass is 10.1. The van der Waals surface area contributed by atoms with Gasteiger partial charge in [0.15, 0.2) is 0 Å². The van der Waals surface area contributed by atoms with Gasteiger partial charge in [0.1, 0.15) is 0 Å². The van der Waals surface area contributed by atoms with Gasteiger partial charge in [0.05, 0.1) is 18.5 Å². The molecule has 0 aliphatic rings. The van der Waals surface area contributed by atoms with Crippen molar-refractivity contribution in [1.29, 1.82) is 0 Å². The first-order chi connectivity index (χ1) is 11.9. The fraction of sp³-hybridized carbons (Fsp3) is 0.333. The molecule has 134 valence electrons. The summed E-state index contributed by atoms with van der Waals surface area (Å²) in [7, 11) is -3.40. The molecule has 0 spiro atoms. The van der Waals surface area contributed by atoms with Crippen molar-refractivity contribution in [2.75, 3.05) is 12.8 Å². The van der Waals surface area contributed by atoms with Crippen molar-refractivity contribution < 1.29 is 13.2 Å². The number of carbonyl (C=O) groups excluding carboxylic acids is 1. The van der Waals surface area contributed by atoms with Crippen molar-refractivity contribution in [1.82, 2.24) is 14.6 Å². The van der Waals surface area contributed by atoms with Gasteiger partial charge in [-0.15, -0.1) is 0 Å². The molecule has 1 heterocycles. The van der Waals surface area contributed by atoms with E-state index in [0.29, 0.717) is 6.54 Å². The number of rotatable bonds is 8. The summed E-state index contributed by atoms with van der Waals surface area (Å²) in [5.74, 6) is -0.205. The van der Waals surface area contributed by atoms with E-state index in [1.54, 1.807) is 12.3 Å². The molecule has 1 amide bonds. The number of hydrogen-bond donors (Lipinski definition) is 1. The van der Waals surface area contributed by atoms with Gasteiger partial charge in [-0.3, -0.25) is 9.78 Å². The van der Waals surface area contributed by atoms with Gasteiger partial charge in [-0.2, -0.15) is 4.31 Å². The van der Waals surface area contributed by atoms with Gasteiger partial charge >= 0.3 is 0 Å². The van der Waals surface area contributed by atoms with E-state index in [0.717, 1.165) is 23.1 Å². The van der Waals surface area contributed by atoms with Crippen LogP contribution in [0.5, 0.6) is 0 Å². The van der Waals surface area contributed by atoms with Crippen molar-refractivity contribution in [2.24, 2.45) is 0 Å². The summed E-state index contributed by atoms with van der Waals surface area (Å²) in [6, 6.07) is 13.1. The van der Waals surface area contributed by atoms with Gasteiger partial charge in [-0.05, 0) is 30.2 Å². The summed E-state index contributed by atoms with van der Waals surface area (Å²) in [4.78, 5) is 16.1. The molecule has 25 heavy (non-hydrogen) atoms. The van der Waals surface area contributed by atoms with E-state index >= 15 is 0 Å². The second-order valence-electron chi connectivity index (χ2n) is 5.87. The summed E-state index contributed by atoms with van der Waals surface area (Å²) < 4.78 is 25.4. The molecule has 0 atom stereocenters. The average Bonchev–Trinajstić information content (AvgIpc) is 2.58. The highest BCUT2D eigenvalue weighted by Crippen LogP contribution is 2.13. The second kappa shape index (κ2) is 8.73. The molecular weight excluding hydrogens is 338 g/mol. The summed E-state index contributed by atoms with van der Waals surface area (Å²) in [6.45, 7) is 2.67. The molecule has 0 bridgehead atoms. The fourth-order valence-corrected chi connectivity index (χ4v) is 3.14. The minimum Gasteiger partial charge on any atom is -0.350 e. The van der Waals surface area contributed by atoms with Crippen LogP contribution in [0.4, 0.5) is 0 Å². The Morgan fingerprint density at radius 3 is 2.52 bits per heavy atom. The number of hydrogen-bond acceptors (Lipinski definition) is 4. The number of benzene rings is 1. The molecule has 7 heteroatoms. The molecule has 0 aliphatic carbocycles. The Hall–Kier alpha value is -2.25. The standard InChI is InChI=1S/C18H23N3O3S/c1-15-7-3-4-8-16(15)14-21(25(2,23)24)12-10-18(22)20-13-17-9-5-6-11-19-17/h3-9,11H,10,12-14H2,1-2H3,(H,20,22). The Morgan fingerprint density at radius 1 is 1.16 bits per heavy atom.